The van der Waals surface area contributed by atoms with Crippen LogP contribution < -0.4 is 10.6 Å². The number of nitrogens with zero attached hydrogens (tertiary/aromatic N) is 4. The van der Waals surface area contributed by atoms with Crippen LogP contribution in [0.3, 0.4) is 0 Å². The average Bonchev–Trinajstić information content (AvgIpc) is 3.57. The molecule has 0 bridgehead atoms. The number of carbonyl (C=O) groups excluding carboxylic acids is 1. The first-order valence-corrected chi connectivity index (χ1v) is 15.2. The van der Waals surface area contributed by atoms with Crippen molar-refractivity contribution in [3.8, 4) is 33.6 Å². The molecule has 13 heteroatoms. The lowest BCUT2D eigenvalue weighted by Gasteiger charge is -2.22. The number of hydrogen-bond donors (Lipinski definition) is 2. The monoisotopic (exact) mass is 582 g/mol. The molecule has 4 heterocycles. The average molecular weight is 583 g/mol. The topological polar surface area (TPSA) is 149 Å². The summed E-state index contributed by atoms with van der Waals surface area (Å²) < 4.78 is 37.5. The Morgan fingerprint density at radius 3 is 2.55 bits per heavy atom. The number of nitrogens with one attached hydrogen (secondary N) is 2. The molecule has 1 aliphatic heterocycles. The van der Waals surface area contributed by atoms with Crippen molar-refractivity contribution in [2.24, 2.45) is 0 Å². The first-order chi connectivity index (χ1) is 19.0. The summed E-state index contributed by atoms with van der Waals surface area (Å²) in [5, 5.41) is 15.6. The van der Waals surface area contributed by atoms with E-state index in [-0.39, 0.29) is 22.3 Å². The van der Waals surface area contributed by atoms with Gasteiger partial charge in [-0.3, -0.25) is 5.32 Å². The number of benzene rings is 1. The number of aryl methyl sites for hydroxylation is 1. The van der Waals surface area contributed by atoms with Crippen molar-refractivity contribution in [2.45, 2.75) is 56.3 Å². The highest BCUT2D eigenvalue weighted by atomic mass is 32.2. The molecule has 1 saturated heterocycles. The fourth-order valence-corrected chi connectivity index (χ4v) is 6.82. The highest BCUT2D eigenvalue weighted by Gasteiger charge is 2.29. The van der Waals surface area contributed by atoms with E-state index in [4.69, 9.17) is 9.15 Å². The summed E-state index contributed by atoms with van der Waals surface area (Å²) in [6.07, 6.45) is 2.23. The molecule has 1 amide bonds. The van der Waals surface area contributed by atoms with Gasteiger partial charge in [0.25, 0.3) is 11.8 Å². The Kier molecular flexibility index (Phi) is 7.71. The largest absolute Gasteiger partial charge is 0.444 e. The van der Waals surface area contributed by atoms with Crippen molar-refractivity contribution in [3.63, 3.8) is 0 Å². The van der Waals surface area contributed by atoms with Crippen molar-refractivity contribution < 1.29 is 22.4 Å². The number of carbonyl (C=O) groups is 1. The van der Waals surface area contributed by atoms with Crippen molar-refractivity contribution in [1.29, 1.82) is 0 Å². The minimum Gasteiger partial charge on any atom is -0.444 e. The first-order valence-electron chi connectivity index (χ1n) is 12.8. The number of hydrogen-bond acceptors (Lipinski definition) is 11. The lowest BCUT2D eigenvalue weighted by molar-refractivity contribution is 0.0635. The molecule has 11 nitrogen and oxygen atoms in total. The van der Waals surface area contributed by atoms with Gasteiger partial charge in [-0.25, -0.2) is 23.2 Å². The molecule has 2 N–H and O–H groups in total. The summed E-state index contributed by atoms with van der Waals surface area (Å²) in [6, 6.07) is 8.49. The van der Waals surface area contributed by atoms with Crippen LogP contribution in [-0.2, 0) is 14.6 Å². The smallest absolute Gasteiger partial charge is 0.413 e. The minimum atomic E-state index is -3.46. The molecule has 0 radical (unpaired) electrons. The summed E-state index contributed by atoms with van der Waals surface area (Å²) in [6.45, 7) is 8.49. The second-order valence-electron chi connectivity index (χ2n) is 10.5. The molecule has 3 aromatic heterocycles. The third kappa shape index (κ3) is 6.06. The van der Waals surface area contributed by atoms with E-state index in [1.54, 1.807) is 45.0 Å². The molecular weight excluding hydrogens is 552 g/mol. The predicted molar refractivity (Wildman–Crippen MR) is 152 cm³/mol. The van der Waals surface area contributed by atoms with Gasteiger partial charge in [-0.15, -0.1) is 21.5 Å². The van der Waals surface area contributed by atoms with E-state index in [9.17, 15) is 13.2 Å². The van der Waals surface area contributed by atoms with Gasteiger partial charge in [-0.2, -0.15) is 0 Å². The normalized spacial score (nSPS) is 16.1. The van der Waals surface area contributed by atoms with Gasteiger partial charge in [0, 0.05) is 12.1 Å². The molecule has 1 fully saturated rings. The van der Waals surface area contributed by atoms with Crippen LogP contribution in [0.15, 0.2) is 51.2 Å². The van der Waals surface area contributed by atoms with Crippen molar-refractivity contribution >= 4 is 33.1 Å². The standard InChI is InChI=1S/C27H30N6O5S2/c1-16-11-13-39-22(16)25-33-32-24(37-25)21-23(31-26(34)38-27(2,3)4)29-15-20(30-21)17-7-9-18(10-8-17)40(35,36)19-6-5-12-28-14-19/h7-11,13,15,19,28H,5-6,12,14H2,1-4H3,(H,29,31,34). The fourth-order valence-electron chi connectivity index (χ4n) is 4.26. The second kappa shape index (κ2) is 11.1. The third-order valence-corrected chi connectivity index (χ3v) is 9.46. The summed E-state index contributed by atoms with van der Waals surface area (Å²) in [7, 11) is -3.46. The van der Waals surface area contributed by atoms with E-state index in [1.807, 2.05) is 18.4 Å². The van der Waals surface area contributed by atoms with Gasteiger partial charge in [-0.1, -0.05) is 12.1 Å². The number of ether oxygens (including phenoxy) is 1. The molecule has 1 aromatic carbocycles. The maximum atomic E-state index is 13.1. The maximum absolute atomic E-state index is 13.1. The Bertz CT molecular complexity index is 1620. The molecule has 1 unspecified atom stereocenters. The van der Waals surface area contributed by atoms with Crippen LogP contribution in [0.2, 0.25) is 0 Å². The highest BCUT2D eigenvalue weighted by molar-refractivity contribution is 7.92. The Balaban J connectivity index is 1.49. The Morgan fingerprint density at radius 1 is 1.15 bits per heavy atom. The van der Waals surface area contributed by atoms with Gasteiger partial charge >= 0.3 is 6.09 Å². The molecule has 1 aliphatic rings. The summed E-state index contributed by atoms with van der Waals surface area (Å²) in [4.78, 5) is 22.7. The van der Waals surface area contributed by atoms with Crippen LogP contribution in [0, 0.1) is 6.92 Å². The molecule has 5 rings (SSSR count). The van der Waals surface area contributed by atoms with E-state index < -0.39 is 26.8 Å². The molecule has 0 aliphatic carbocycles. The first kappa shape index (κ1) is 27.9. The molecule has 0 spiro atoms. The van der Waals surface area contributed by atoms with Gasteiger partial charge < -0.3 is 14.5 Å². The number of piperidine rings is 1. The summed E-state index contributed by atoms with van der Waals surface area (Å²) in [5.74, 6) is 0.469. The third-order valence-electron chi connectivity index (χ3n) is 6.24. The summed E-state index contributed by atoms with van der Waals surface area (Å²) in [5.41, 5.74) is 1.49. The molecule has 210 valence electrons. The maximum Gasteiger partial charge on any atom is 0.413 e. The minimum absolute atomic E-state index is 0.0622. The number of thiophene rings is 1. The van der Waals surface area contributed by atoms with Crippen molar-refractivity contribution in [2.75, 3.05) is 18.4 Å². The van der Waals surface area contributed by atoms with Crippen LogP contribution in [0.5, 0.6) is 0 Å². The molecule has 40 heavy (non-hydrogen) atoms. The van der Waals surface area contributed by atoms with E-state index >= 15 is 0 Å². The summed E-state index contributed by atoms with van der Waals surface area (Å²) >= 11 is 1.47. The predicted octanol–water partition coefficient (Wildman–Crippen LogP) is 5.10. The van der Waals surface area contributed by atoms with Gasteiger partial charge in [0.2, 0.25) is 0 Å². The lowest BCUT2D eigenvalue weighted by Crippen LogP contribution is -2.38. The molecule has 1 atom stereocenters. The Hall–Kier alpha value is -3.68. The zero-order valence-corrected chi connectivity index (χ0v) is 24.2. The van der Waals surface area contributed by atoms with Crippen LogP contribution in [0.4, 0.5) is 10.6 Å². The number of sulfone groups is 1. The quantitative estimate of drug-likeness (QED) is 0.314. The number of amides is 1. The van der Waals surface area contributed by atoms with E-state index in [0.29, 0.717) is 30.1 Å². The zero-order valence-electron chi connectivity index (χ0n) is 22.6. The van der Waals surface area contributed by atoms with E-state index in [1.165, 1.54) is 17.5 Å². The molecular formula is C27H30N6O5S2. The van der Waals surface area contributed by atoms with E-state index in [0.717, 1.165) is 23.4 Å². The molecule has 4 aromatic rings. The Labute approximate surface area is 236 Å². The second-order valence-corrected chi connectivity index (χ2v) is 13.6. The van der Waals surface area contributed by atoms with Gasteiger partial charge in [0.1, 0.15) is 5.60 Å². The van der Waals surface area contributed by atoms with Crippen LogP contribution in [-0.4, -0.2) is 58.6 Å². The lowest BCUT2D eigenvalue weighted by atomic mass is 10.1. The number of anilines is 1. The SMILES string of the molecule is Cc1ccsc1-c1nnc(-c2nc(-c3ccc(S(=O)(=O)C4CCCNC4)cc3)cnc2NC(=O)OC(C)(C)C)o1. The molecule has 0 saturated carbocycles. The van der Waals surface area contributed by atoms with Crippen LogP contribution >= 0.6 is 11.3 Å². The van der Waals surface area contributed by atoms with Crippen molar-refractivity contribution in [3.05, 3.63) is 47.5 Å². The van der Waals surface area contributed by atoms with Crippen LogP contribution in [0.1, 0.15) is 39.2 Å². The van der Waals surface area contributed by atoms with Crippen molar-refractivity contribution in [1.82, 2.24) is 25.5 Å². The zero-order chi connectivity index (χ0) is 28.5. The highest BCUT2D eigenvalue weighted by Crippen LogP contribution is 2.33. The number of rotatable bonds is 6. The van der Waals surface area contributed by atoms with Gasteiger partial charge in [0.05, 0.1) is 26.9 Å². The van der Waals surface area contributed by atoms with E-state index in [2.05, 4.69) is 30.8 Å². The van der Waals surface area contributed by atoms with Gasteiger partial charge in [-0.05, 0) is 76.2 Å². The number of aromatic nitrogens is 4. The Morgan fingerprint density at radius 2 is 1.90 bits per heavy atom. The van der Waals surface area contributed by atoms with Crippen LogP contribution in [0.25, 0.3) is 33.6 Å². The van der Waals surface area contributed by atoms with Gasteiger partial charge in [0.15, 0.2) is 21.3 Å². The fraction of sp³-hybridized carbons (Fsp3) is 0.370.